The predicted molar refractivity (Wildman–Crippen MR) is 58.6 cm³/mol. The molecule has 0 aliphatic heterocycles. The van der Waals surface area contributed by atoms with Gasteiger partial charge >= 0.3 is 11.9 Å². The second-order valence-electron chi connectivity index (χ2n) is 3.25. The lowest BCUT2D eigenvalue weighted by Crippen LogP contribution is -2.09. The Morgan fingerprint density at radius 1 is 0.938 bits per heavy atom. The average Bonchev–Trinajstić information content (AvgIpc) is 2.27. The van der Waals surface area contributed by atoms with Crippen LogP contribution >= 0.6 is 0 Å². The first-order valence-corrected chi connectivity index (χ1v) is 4.92. The summed E-state index contributed by atoms with van der Waals surface area (Å²) >= 11 is 0. The maximum atomic E-state index is 11.3. The molecule has 4 heteroatoms. The van der Waals surface area contributed by atoms with Crippen LogP contribution in [0.2, 0.25) is 0 Å². The van der Waals surface area contributed by atoms with E-state index in [0.29, 0.717) is 24.0 Å². The number of carbonyl (C=O) groups is 2. The summed E-state index contributed by atoms with van der Waals surface area (Å²) in [5.74, 6) is -0.730. The van der Waals surface area contributed by atoms with E-state index < -0.39 is 0 Å². The molecule has 0 radical (unpaired) electrons. The molecule has 0 saturated carbocycles. The first-order chi connectivity index (χ1) is 7.69. The molecule has 0 aromatic rings. The highest BCUT2D eigenvalue weighted by Gasteiger charge is 2.14. The standard InChI is InChI=1S/C12H14O4/c1-15-11(13)9-5-3-4-6-10(8-7-9)12(14)16-2/h3-6H,7-8H2,1-2H3. The van der Waals surface area contributed by atoms with Gasteiger partial charge in [-0.2, -0.15) is 0 Å². The molecule has 0 aromatic carbocycles. The molecule has 1 aliphatic carbocycles. The molecular formula is C12H14O4. The van der Waals surface area contributed by atoms with Crippen LogP contribution in [0.1, 0.15) is 12.8 Å². The Kier molecular flexibility index (Phi) is 4.51. The molecule has 0 spiro atoms. The number of carbonyl (C=O) groups excluding carboxylic acids is 2. The highest BCUT2D eigenvalue weighted by molar-refractivity contribution is 5.91. The van der Waals surface area contributed by atoms with Crippen LogP contribution in [0.5, 0.6) is 0 Å². The summed E-state index contributed by atoms with van der Waals surface area (Å²) in [5.41, 5.74) is 1.10. The van der Waals surface area contributed by atoms with Crippen LogP contribution in [0, 0.1) is 0 Å². The highest BCUT2D eigenvalue weighted by atomic mass is 16.5. The predicted octanol–water partition coefficient (Wildman–Crippen LogP) is 1.54. The molecular weight excluding hydrogens is 208 g/mol. The summed E-state index contributed by atoms with van der Waals surface area (Å²) in [6.45, 7) is 0. The Labute approximate surface area is 94.2 Å². The van der Waals surface area contributed by atoms with Crippen molar-refractivity contribution in [1.82, 2.24) is 0 Å². The lowest BCUT2D eigenvalue weighted by molar-refractivity contribution is -0.137. The van der Waals surface area contributed by atoms with Crippen molar-refractivity contribution < 1.29 is 19.1 Å². The van der Waals surface area contributed by atoms with Gasteiger partial charge in [0, 0.05) is 11.1 Å². The van der Waals surface area contributed by atoms with Gasteiger partial charge in [-0.15, -0.1) is 0 Å². The second-order valence-corrected chi connectivity index (χ2v) is 3.25. The third kappa shape index (κ3) is 3.08. The van der Waals surface area contributed by atoms with Crippen LogP contribution in [0.15, 0.2) is 35.5 Å². The number of hydrogen-bond acceptors (Lipinski definition) is 4. The second kappa shape index (κ2) is 5.90. The van der Waals surface area contributed by atoms with Crippen LogP contribution in [0.25, 0.3) is 0 Å². The van der Waals surface area contributed by atoms with Gasteiger partial charge in [0.25, 0.3) is 0 Å². The minimum absolute atomic E-state index is 0.365. The number of ether oxygens (including phenoxy) is 2. The van der Waals surface area contributed by atoms with Crippen molar-refractivity contribution in [3.05, 3.63) is 35.5 Å². The molecule has 86 valence electrons. The van der Waals surface area contributed by atoms with Gasteiger partial charge in [-0.1, -0.05) is 24.3 Å². The molecule has 0 N–H and O–H groups in total. The summed E-state index contributed by atoms with van der Waals surface area (Å²) in [4.78, 5) is 22.6. The van der Waals surface area contributed by atoms with Crippen molar-refractivity contribution in [3.63, 3.8) is 0 Å². The Hall–Kier alpha value is -1.84. The van der Waals surface area contributed by atoms with Gasteiger partial charge < -0.3 is 9.47 Å². The average molecular weight is 222 g/mol. The van der Waals surface area contributed by atoms with E-state index >= 15 is 0 Å². The van der Waals surface area contributed by atoms with Crippen LogP contribution in [-0.2, 0) is 19.1 Å². The molecule has 0 unspecified atom stereocenters. The number of hydrogen-bond donors (Lipinski definition) is 0. The monoisotopic (exact) mass is 222 g/mol. The Balaban J connectivity index is 2.79. The number of esters is 2. The summed E-state index contributed by atoms with van der Waals surface area (Å²) in [6, 6.07) is 0. The zero-order chi connectivity index (χ0) is 12.0. The minimum atomic E-state index is -0.365. The molecule has 0 aromatic heterocycles. The Bertz CT molecular complexity index is 338. The van der Waals surface area contributed by atoms with Gasteiger partial charge in [-0.05, 0) is 12.8 Å². The quantitative estimate of drug-likeness (QED) is 0.665. The highest BCUT2D eigenvalue weighted by Crippen LogP contribution is 2.16. The van der Waals surface area contributed by atoms with Gasteiger partial charge in [-0.25, -0.2) is 9.59 Å². The van der Waals surface area contributed by atoms with E-state index in [1.165, 1.54) is 14.2 Å². The summed E-state index contributed by atoms with van der Waals surface area (Å²) in [7, 11) is 2.67. The SMILES string of the molecule is COC(=O)C1=CC=CC=C(C(=O)OC)CC1. The van der Waals surface area contributed by atoms with Gasteiger partial charge in [0.15, 0.2) is 0 Å². The molecule has 1 rings (SSSR count). The summed E-state index contributed by atoms with van der Waals surface area (Å²) in [6.07, 6.45) is 7.73. The van der Waals surface area contributed by atoms with E-state index in [2.05, 4.69) is 9.47 Å². The molecule has 0 fully saturated rings. The van der Waals surface area contributed by atoms with Gasteiger partial charge in [0.05, 0.1) is 14.2 Å². The van der Waals surface area contributed by atoms with Gasteiger partial charge in [0.2, 0.25) is 0 Å². The topological polar surface area (TPSA) is 52.6 Å². The lowest BCUT2D eigenvalue weighted by Gasteiger charge is -2.08. The molecule has 0 amide bonds. The third-order valence-corrected chi connectivity index (χ3v) is 2.26. The molecule has 4 nitrogen and oxygen atoms in total. The number of rotatable bonds is 2. The molecule has 1 aliphatic rings. The first-order valence-electron chi connectivity index (χ1n) is 4.92. The van der Waals surface area contributed by atoms with Crippen LogP contribution < -0.4 is 0 Å². The largest absolute Gasteiger partial charge is 0.466 e. The third-order valence-electron chi connectivity index (χ3n) is 2.26. The van der Waals surface area contributed by atoms with E-state index in [-0.39, 0.29) is 11.9 Å². The van der Waals surface area contributed by atoms with Crippen LogP contribution in [-0.4, -0.2) is 26.2 Å². The van der Waals surface area contributed by atoms with Crippen molar-refractivity contribution in [3.8, 4) is 0 Å². The maximum absolute atomic E-state index is 11.3. The smallest absolute Gasteiger partial charge is 0.333 e. The lowest BCUT2D eigenvalue weighted by atomic mass is 10.0. The summed E-state index contributed by atoms with van der Waals surface area (Å²) < 4.78 is 9.26. The molecule has 16 heavy (non-hydrogen) atoms. The molecule has 0 saturated heterocycles. The van der Waals surface area contributed by atoms with Crippen LogP contribution in [0.3, 0.4) is 0 Å². The zero-order valence-electron chi connectivity index (χ0n) is 9.36. The number of allylic oxidation sites excluding steroid dienone is 4. The molecule has 0 heterocycles. The van der Waals surface area contributed by atoms with E-state index in [9.17, 15) is 9.59 Å². The molecule has 0 bridgehead atoms. The zero-order valence-corrected chi connectivity index (χ0v) is 9.36. The van der Waals surface area contributed by atoms with E-state index in [4.69, 9.17) is 0 Å². The summed E-state index contributed by atoms with van der Waals surface area (Å²) in [5, 5.41) is 0. The van der Waals surface area contributed by atoms with E-state index in [1.807, 2.05) is 0 Å². The Morgan fingerprint density at radius 3 is 1.62 bits per heavy atom. The van der Waals surface area contributed by atoms with Crippen molar-refractivity contribution in [2.75, 3.05) is 14.2 Å². The van der Waals surface area contributed by atoms with Crippen molar-refractivity contribution in [2.45, 2.75) is 12.8 Å². The fourth-order valence-electron chi connectivity index (χ4n) is 1.38. The Morgan fingerprint density at radius 2 is 1.31 bits per heavy atom. The first kappa shape index (κ1) is 12.2. The van der Waals surface area contributed by atoms with Crippen LogP contribution in [0.4, 0.5) is 0 Å². The van der Waals surface area contributed by atoms with Crippen molar-refractivity contribution in [1.29, 1.82) is 0 Å². The van der Waals surface area contributed by atoms with E-state index in [0.717, 1.165) is 0 Å². The normalized spacial score (nSPS) is 15.4. The minimum Gasteiger partial charge on any atom is -0.466 e. The van der Waals surface area contributed by atoms with Gasteiger partial charge in [-0.3, -0.25) is 0 Å². The fraction of sp³-hybridized carbons (Fsp3) is 0.333. The van der Waals surface area contributed by atoms with Crippen molar-refractivity contribution in [2.24, 2.45) is 0 Å². The fourth-order valence-corrected chi connectivity index (χ4v) is 1.38. The van der Waals surface area contributed by atoms with Crippen molar-refractivity contribution >= 4 is 11.9 Å². The van der Waals surface area contributed by atoms with E-state index in [1.54, 1.807) is 24.3 Å². The number of methoxy groups -OCH3 is 2. The maximum Gasteiger partial charge on any atom is 0.333 e. The van der Waals surface area contributed by atoms with Gasteiger partial charge in [0.1, 0.15) is 0 Å². The molecule has 0 atom stereocenters.